The van der Waals surface area contributed by atoms with E-state index in [1.54, 1.807) is 0 Å². The Labute approximate surface area is 135 Å². The van der Waals surface area contributed by atoms with Gasteiger partial charge in [-0.25, -0.2) is 0 Å². The number of hydrogen-bond acceptors (Lipinski definition) is 2. The molecule has 0 radical (unpaired) electrons. The zero-order valence-corrected chi connectivity index (χ0v) is 14.4. The summed E-state index contributed by atoms with van der Waals surface area (Å²) >= 11 is 3.48. The number of carbonyl (C=O) groups excluding carboxylic acids is 1. The Kier molecular flexibility index (Phi) is 6.05. The monoisotopic (exact) mass is 360 g/mol. The minimum absolute atomic E-state index is 0. The van der Waals surface area contributed by atoms with Gasteiger partial charge in [-0.1, -0.05) is 29.8 Å². The number of nitrogens with two attached hydrogens (primary N) is 1. The van der Waals surface area contributed by atoms with Crippen LogP contribution in [0.1, 0.15) is 32.3 Å². The van der Waals surface area contributed by atoms with Crippen LogP contribution in [-0.2, 0) is 11.2 Å². The highest BCUT2D eigenvalue weighted by Crippen LogP contribution is 2.36. The summed E-state index contributed by atoms with van der Waals surface area (Å²) in [6.45, 7) is 5.28. The van der Waals surface area contributed by atoms with Gasteiger partial charge < -0.3 is 10.6 Å². The largest absolute Gasteiger partial charge is 0.329 e. The van der Waals surface area contributed by atoms with Crippen molar-refractivity contribution < 1.29 is 4.79 Å². The predicted molar refractivity (Wildman–Crippen MR) is 89.5 cm³/mol. The summed E-state index contributed by atoms with van der Waals surface area (Å²) in [6, 6.07) is 6.12. The maximum absolute atomic E-state index is 12.8. The summed E-state index contributed by atoms with van der Waals surface area (Å²) in [4.78, 5) is 14.8. The summed E-state index contributed by atoms with van der Waals surface area (Å²) < 4.78 is 1.07. The first-order chi connectivity index (χ1) is 9.07. The Bertz CT molecular complexity index is 480. The lowest BCUT2D eigenvalue weighted by molar-refractivity contribution is -0.128. The Balaban J connectivity index is 0.00000200. The molecule has 0 aliphatic carbocycles. The molecule has 0 bridgehead atoms. The molecule has 1 amide bonds. The molecule has 1 aliphatic rings. The van der Waals surface area contributed by atoms with Gasteiger partial charge in [0.2, 0.25) is 5.91 Å². The third kappa shape index (κ3) is 2.87. The molecule has 0 aromatic heterocycles. The molecule has 3 nitrogen and oxygen atoms in total. The first-order valence-electron chi connectivity index (χ1n) is 6.88. The number of amides is 1. The second-order valence-electron chi connectivity index (χ2n) is 5.17. The van der Waals surface area contributed by atoms with Crippen molar-refractivity contribution in [1.29, 1.82) is 0 Å². The van der Waals surface area contributed by atoms with Crippen LogP contribution in [0.3, 0.4) is 0 Å². The number of anilines is 1. The number of benzene rings is 1. The molecule has 0 saturated carbocycles. The number of hydrogen-bond donors (Lipinski definition) is 1. The average molecular weight is 362 g/mol. The molecule has 112 valence electrons. The predicted octanol–water partition coefficient (Wildman–Crippen LogP) is 3.53. The van der Waals surface area contributed by atoms with Crippen molar-refractivity contribution in [3.05, 3.63) is 28.2 Å². The van der Waals surface area contributed by atoms with Gasteiger partial charge in [-0.2, -0.15) is 0 Å². The van der Waals surface area contributed by atoms with Crippen LogP contribution in [0, 0.1) is 5.41 Å². The SMILES string of the molecule is CCC(CC)(CN)C(=O)N1CCc2cc(Br)ccc21.Cl. The van der Waals surface area contributed by atoms with E-state index in [1.165, 1.54) is 5.56 Å². The Hall–Kier alpha value is -0.580. The van der Waals surface area contributed by atoms with Crippen molar-refractivity contribution in [2.24, 2.45) is 11.1 Å². The summed E-state index contributed by atoms with van der Waals surface area (Å²) in [6.07, 6.45) is 2.51. The molecule has 2 N–H and O–H groups in total. The number of carbonyl (C=O) groups is 1. The van der Waals surface area contributed by atoms with Crippen molar-refractivity contribution in [1.82, 2.24) is 0 Å². The van der Waals surface area contributed by atoms with E-state index in [-0.39, 0.29) is 18.3 Å². The Morgan fingerprint density at radius 3 is 2.60 bits per heavy atom. The summed E-state index contributed by atoms with van der Waals surface area (Å²) in [5.41, 5.74) is 7.76. The van der Waals surface area contributed by atoms with Gasteiger partial charge in [-0.15, -0.1) is 12.4 Å². The van der Waals surface area contributed by atoms with Crippen LogP contribution in [0.5, 0.6) is 0 Å². The Morgan fingerprint density at radius 1 is 1.40 bits per heavy atom. The quantitative estimate of drug-likeness (QED) is 0.892. The van der Waals surface area contributed by atoms with Crippen LogP contribution < -0.4 is 10.6 Å². The lowest BCUT2D eigenvalue weighted by atomic mass is 9.81. The van der Waals surface area contributed by atoms with Crippen LogP contribution in [0.15, 0.2) is 22.7 Å². The van der Waals surface area contributed by atoms with E-state index in [9.17, 15) is 4.79 Å². The van der Waals surface area contributed by atoms with Gasteiger partial charge in [-0.3, -0.25) is 4.79 Å². The molecule has 1 heterocycles. The summed E-state index contributed by atoms with van der Waals surface area (Å²) in [5.74, 6) is 0.182. The first kappa shape index (κ1) is 17.5. The number of rotatable bonds is 4. The first-order valence-corrected chi connectivity index (χ1v) is 7.67. The molecule has 1 aromatic rings. The second kappa shape index (κ2) is 6.92. The Morgan fingerprint density at radius 2 is 2.05 bits per heavy atom. The molecule has 0 fully saturated rings. The van der Waals surface area contributed by atoms with Crippen molar-refractivity contribution in [3.8, 4) is 0 Å². The van der Waals surface area contributed by atoms with Crippen molar-refractivity contribution in [3.63, 3.8) is 0 Å². The van der Waals surface area contributed by atoms with Gasteiger partial charge in [0.15, 0.2) is 0 Å². The van der Waals surface area contributed by atoms with Crippen LogP contribution >= 0.6 is 28.3 Å². The lowest BCUT2D eigenvalue weighted by Crippen LogP contribution is -2.47. The van der Waals surface area contributed by atoms with Crippen LogP contribution in [-0.4, -0.2) is 19.0 Å². The minimum Gasteiger partial charge on any atom is -0.329 e. The molecule has 0 saturated heterocycles. The van der Waals surface area contributed by atoms with Crippen molar-refractivity contribution in [2.75, 3.05) is 18.0 Å². The third-order valence-corrected chi connectivity index (χ3v) is 4.87. The number of fused-ring (bicyclic) bond motifs is 1. The standard InChI is InChI=1S/C15H21BrN2O.ClH/c1-3-15(4-2,10-17)14(19)18-8-7-11-9-12(16)5-6-13(11)18;/h5-6,9H,3-4,7-8,10,17H2,1-2H3;1H. The molecule has 20 heavy (non-hydrogen) atoms. The van der Waals surface area contributed by atoms with Gasteiger partial charge in [0, 0.05) is 23.2 Å². The van der Waals surface area contributed by atoms with Crippen LogP contribution in [0.2, 0.25) is 0 Å². The molecule has 1 aromatic carbocycles. The molecule has 0 atom stereocenters. The lowest BCUT2D eigenvalue weighted by Gasteiger charge is -2.33. The van der Waals surface area contributed by atoms with Crippen molar-refractivity contribution in [2.45, 2.75) is 33.1 Å². The summed E-state index contributed by atoms with van der Waals surface area (Å²) in [5, 5.41) is 0. The second-order valence-corrected chi connectivity index (χ2v) is 6.09. The van der Waals surface area contributed by atoms with Gasteiger partial charge in [0.25, 0.3) is 0 Å². The highest BCUT2D eigenvalue weighted by Gasteiger charge is 2.39. The van der Waals surface area contributed by atoms with Gasteiger partial charge in [-0.05, 0) is 43.0 Å². The topological polar surface area (TPSA) is 46.3 Å². The molecule has 2 rings (SSSR count). The smallest absolute Gasteiger partial charge is 0.234 e. The highest BCUT2D eigenvalue weighted by atomic mass is 79.9. The maximum Gasteiger partial charge on any atom is 0.234 e. The van der Waals surface area contributed by atoms with E-state index in [2.05, 4.69) is 22.0 Å². The highest BCUT2D eigenvalue weighted by molar-refractivity contribution is 9.10. The van der Waals surface area contributed by atoms with E-state index in [0.29, 0.717) is 6.54 Å². The van der Waals surface area contributed by atoms with E-state index < -0.39 is 5.41 Å². The van der Waals surface area contributed by atoms with Crippen molar-refractivity contribution >= 4 is 39.9 Å². The van der Waals surface area contributed by atoms with E-state index in [0.717, 1.165) is 36.0 Å². The van der Waals surface area contributed by atoms with Crippen LogP contribution in [0.25, 0.3) is 0 Å². The van der Waals surface area contributed by atoms with E-state index in [4.69, 9.17) is 5.73 Å². The maximum atomic E-state index is 12.8. The zero-order valence-electron chi connectivity index (χ0n) is 12.0. The molecule has 0 spiro atoms. The zero-order chi connectivity index (χ0) is 14.0. The fourth-order valence-corrected chi connectivity index (χ4v) is 3.20. The average Bonchev–Trinajstić information content (AvgIpc) is 2.83. The van der Waals surface area contributed by atoms with E-state index >= 15 is 0 Å². The molecule has 5 heteroatoms. The van der Waals surface area contributed by atoms with Gasteiger partial charge in [0.1, 0.15) is 0 Å². The van der Waals surface area contributed by atoms with Gasteiger partial charge >= 0.3 is 0 Å². The molecule has 0 unspecified atom stereocenters. The molecular formula is C15H22BrClN2O. The minimum atomic E-state index is -0.408. The third-order valence-electron chi connectivity index (χ3n) is 4.38. The molecular weight excluding hydrogens is 340 g/mol. The summed E-state index contributed by atoms with van der Waals surface area (Å²) in [7, 11) is 0. The fourth-order valence-electron chi connectivity index (χ4n) is 2.80. The number of halogens is 2. The van der Waals surface area contributed by atoms with Gasteiger partial charge in [0.05, 0.1) is 5.41 Å². The van der Waals surface area contributed by atoms with E-state index in [1.807, 2.05) is 30.9 Å². The normalized spacial score (nSPS) is 13.9. The number of nitrogens with zero attached hydrogens (tertiary/aromatic N) is 1. The molecule has 1 aliphatic heterocycles. The fraction of sp³-hybridized carbons (Fsp3) is 0.533. The van der Waals surface area contributed by atoms with Crippen LogP contribution in [0.4, 0.5) is 5.69 Å².